The first-order valence-electron chi connectivity index (χ1n) is 5.71. The van der Waals surface area contributed by atoms with Gasteiger partial charge in [0.15, 0.2) is 0 Å². The molecule has 0 amide bonds. The van der Waals surface area contributed by atoms with Crippen molar-refractivity contribution in [2.75, 3.05) is 13.2 Å². The predicted octanol–water partition coefficient (Wildman–Crippen LogP) is 1.97. The van der Waals surface area contributed by atoms with Crippen LogP contribution in [0, 0.1) is 0 Å². The van der Waals surface area contributed by atoms with Crippen LogP contribution in [0.3, 0.4) is 0 Å². The Kier molecular flexibility index (Phi) is 5.78. The van der Waals surface area contributed by atoms with Crippen molar-refractivity contribution in [2.24, 2.45) is 0 Å². The summed E-state index contributed by atoms with van der Waals surface area (Å²) >= 11 is 3.32. The van der Waals surface area contributed by atoms with Gasteiger partial charge in [-0.1, -0.05) is 28.1 Å². The van der Waals surface area contributed by atoms with Gasteiger partial charge in [0, 0.05) is 17.9 Å². The average Bonchev–Trinajstić information content (AvgIpc) is 2.35. The van der Waals surface area contributed by atoms with Crippen LogP contribution in [0.1, 0.15) is 19.4 Å². The molecule has 1 rings (SSSR count). The third kappa shape index (κ3) is 3.54. The molecular formula is C12H18BrNO3S. The van der Waals surface area contributed by atoms with Gasteiger partial charge in [0.25, 0.3) is 0 Å². The summed E-state index contributed by atoms with van der Waals surface area (Å²) in [5.74, 6) is 0. The minimum Gasteiger partial charge on any atom is -0.395 e. The molecule has 0 bridgehead atoms. The minimum absolute atomic E-state index is 0.111. The van der Waals surface area contributed by atoms with Gasteiger partial charge in [-0.15, -0.1) is 0 Å². The smallest absolute Gasteiger partial charge is 0.243 e. The fourth-order valence-corrected chi connectivity index (χ4v) is 3.64. The molecule has 1 aromatic rings. The quantitative estimate of drug-likeness (QED) is 0.808. The Hall–Kier alpha value is -0.430. The van der Waals surface area contributed by atoms with E-state index in [1.807, 2.05) is 0 Å². The molecule has 0 aliphatic carbocycles. The van der Waals surface area contributed by atoms with Crippen LogP contribution in [-0.2, 0) is 15.4 Å². The first-order chi connectivity index (χ1) is 8.43. The summed E-state index contributed by atoms with van der Waals surface area (Å²) in [6.45, 7) is 3.51. The van der Waals surface area contributed by atoms with Crippen LogP contribution in [0.4, 0.5) is 0 Å². The molecule has 1 aromatic carbocycles. The molecule has 0 saturated carbocycles. The Morgan fingerprint density at radius 3 is 2.22 bits per heavy atom. The van der Waals surface area contributed by atoms with Crippen LogP contribution in [0.2, 0.25) is 0 Å². The number of rotatable bonds is 6. The Balaban J connectivity index is 3.09. The Morgan fingerprint density at radius 2 is 1.83 bits per heavy atom. The Labute approximate surface area is 117 Å². The lowest BCUT2D eigenvalue weighted by Gasteiger charge is -2.25. The van der Waals surface area contributed by atoms with Crippen LogP contribution in [-0.4, -0.2) is 37.0 Å². The van der Waals surface area contributed by atoms with Crippen LogP contribution < -0.4 is 0 Å². The maximum atomic E-state index is 12.4. The molecule has 0 atom stereocenters. The average molecular weight is 336 g/mol. The Bertz CT molecular complexity index is 471. The van der Waals surface area contributed by atoms with E-state index in [-0.39, 0.29) is 24.1 Å². The van der Waals surface area contributed by atoms with Crippen molar-refractivity contribution < 1.29 is 13.5 Å². The summed E-state index contributed by atoms with van der Waals surface area (Å²) < 4.78 is 26.0. The zero-order valence-corrected chi connectivity index (χ0v) is 12.9. The van der Waals surface area contributed by atoms with Crippen LogP contribution in [0.5, 0.6) is 0 Å². The molecule has 0 unspecified atom stereocenters. The molecule has 6 heteroatoms. The van der Waals surface area contributed by atoms with Gasteiger partial charge in [-0.3, -0.25) is 0 Å². The van der Waals surface area contributed by atoms with Gasteiger partial charge in [0.2, 0.25) is 10.0 Å². The molecule has 1 N–H and O–H groups in total. The molecule has 18 heavy (non-hydrogen) atoms. The van der Waals surface area contributed by atoms with Gasteiger partial charge in [-0.05, 0) is 31.5 Å². The van der Waals surface area contributed by atoms with E-state index in [0.717, 1.165) is 5.56 Å². The highest BCUT2D eigenvalue weighted by molar-refractivity contribution is 9.08. The van der Waals surface area contributed by atoms with E-state index >= 15 is 0 Å². The molecule has 4 nitrogen and oxygen atoms in total. The predicted molar refractivity (Wildman–Crippen MR) is 75.2 cm³/mol. The van der Waals surface area contributed by atoms with Gasteiger partial charge in [-0.25, -0.2) is 8.42 Å². The largest absolute Gasteiger partial charge is 0.395 e. The van der Waals surface area contributed by atoms with E-state index in [1.165, 1.54) is 4.31 Å². The lowest BCUT2D eigenvalue weighted by Crippen LogP contribution is -2.38. The third-order valence-electron chi connectivity index (χ3n) is 2.58. The summed E-state index contributed by atoms with van der Waals surface area (Å²) in [4.78, 5) is 0.259. The molecule has 0 aliphatic rings. The van der Waals surface area contributed by atoms with E-state index in [1.54, 1.807) is 38.1 Å². The number of nitrogens with zero attached hydrogens (tertiary/aromatic N) is 1. The fourth-order valence-electron chi connectivity index (χ4n) is 1.64. The zero-order valence-electron chi connectivity index (χ0n) is 10.5. The number of hydrogen-bond acceptors (Lipinski definition) is 3. The van der Waals surface area contributed by atoms with E-state index in [9.17, 15) is 8.42 Å². The van der Waals surface area contributed by atoms with Crippen molar-refractivity contribution >= 4 is 26.0 Å². The second kappa shape index (κ2) is 6.65. The van der Waals surface area contributed by atoms with Crippen molar-refractivity contribution in [1.82, 2.24) is 4.31 Å². The van der Waals surface area contributed by atoms with E-state index < -0.39 is 10.0 Å². The van der Waals surface area contributed by atoms with Gasteiger partial charge in [0.1, 0.15) is 0 Å². The normalized spacial score (nSPS) is 12.3. The maximum Gasteiger partial charge on any atom is 0.243 e. The van der Waals surface area contributed by atoms with Gasteiger partial charge in [0.05, 0.1) is 11.5 Å². The van der Waals surface area contributed by atoms with Gasteiger partial charge in [-0.2, -0.15) is 4.31 Å². The standard InChI is InChI=1S/C12H18BrNO3S/c1-10(2)14(7-8-15)18(16,17)12-5-3-11(9-13)4-6-12/h3-6,10,15H,7-9H2,1-2H3. The summed E-state index contributed by atoms with van der Waals surface area (Å²) in [5.41, 5.74) is 1.02. The van der Waals surface area contributed by atoms with Crippen molar-refractivity contribution in [2.45, 2.75) is 30.1 Å². The molecule has 0 aromatic heterocycles. The molecule has 102 valence electrons. The molecule has 0 saturated heterocycles. The maximum absolute atomic E-state index is 12.4. The number of sulfonamides is 1. The lowest BCUT2D eigenvalue weighted by molar-refractivity contribution is 0.236. The van der Waals surface area contributed by atoms with Crippen molar-refractivity contribution in [3.05, 3.63) is 29.8 Å². The molecular weight excluding hydrogens is 318 g/mol. The fraction of sp³-hybridized carbons (Fsp3) is 0.500. The van der Waals surface area contributed by atoms with Crippen molar-refractivity contribution in [3.8, 4) is 0 Å². The topological polar surface area (TPSA) is 57.6 Å². The molecule has 0 aliphatic heterocycles. The van der Waals surface area contributed by atoms with Crippen LogP contribution in [0.25, 0.3) is 0 Å². The molecule has 0 radical (unpaired) electrons. The highest BCUT2D eigenvalue weighted by Gasteiger charge is 2.26. The first kappa shape index (κ1) is 15.6. The summed E-state index contributed by atoms with van der Waals surface area (Å²) in [5, 5.41) is 9.66. The summed E-state index contributed by atoms with van der Waals surface area (Å²) in [6, 6.07) is 6.56. The van der Waals surface area contributed by atoms with Gasteiger partial charge >= 0.3 is 0 Å². The minimum atomic E-state index is -3.53. The number of aliphatic hydroxyl groups is 1. The van der Waals surface area contributed by atoms with Crippen LogP contribution >= 0.6 is 15.9 Å². The van der Waals surface area contributed by atoms with Gasteiger partial charge < -0.3 is 5.11 Å². The van der Waals surface area contributed by atoms with Crippen molar-refractivity contribution in [1.29, 1.82) is 0 Å². The van der Waals surface area contributed by atoms with E-state index in [2.05, 4.69) is 15.9 Å². The third-order valence-corrected chi connectivity index (χ3v) is 5.32. The second-order valence-electron chi connectivity index (χ2n) is 4.21. The number of benzene rings is 1. The molecule has 0 spiro atoms. The van der Waals surface area contributed by atoms with E-state index in [0.29, 0.717) is 5.33 Å². The lowest BCUT2D eigenvalue weighted by atomic mass is 10.2. The SMILES string of the molecule is CC(C)N(CCO)S(=O)(=O)c1ccc(CBr)cc1. The first-order valence-corrected chi connectivity index (χ1v) is 8.27. The summed E-state index contributed by atoms with van der Waals surface area (Å²) in [6.07, 6.45) is 0. The molecule has 0 fully saturated rings. The number of hydrogen-bond donors (Lipinski definition) is 1. The zero-order chi connectivity index (χ0) is 13.8. The highest BCUT2D eigenvalue weighted by Crippen LogP contribution is 2.19. The highest BCUT2D eigenvalue weighted by atomic mass is 79.9. The van der Waals surface area contributed by atoms with Crippen LogP contribution in [0.15, 0.2) is 29.2 Å². The number of alkyl halides is 1. The Morgan fingerprint density at radius 1 is 1.28 bits per heavy atom. The summed E-state index contributed by atoms with van der Waals surface area (Å²) in [7, 11) is -3.53. The van der Waals surface area contributed by atoms with E-state index in [4.69, 9.17) is 5.11 Å². The monoisotopic (exact) mass is 335 g/mol. The molecule has 0 heterocycles. The number of halogens is 1. The number of aliphatic hydroxyl groups excluding tert-OH is 1. The second-order valence-corrected chi connectivity index (χ2v) is 6.66. The van der Waals surface area contributed by atoms with Crippen molar-refractivity contribution in [3.63, 3.8) is 0 Å².